The van der Waals surface area contributed by atoms with Crippen LogP contribution < -0.4 is 15.6 Å². The van der Waals surface area contributed by atoms with Gasteiger partial charge in [-0.3, -0.25) is 4.79 Å². The van der Waals surface area contributed by atoms with Gasteiger partial charge >= 0.3 is 0 Å². The van der Waals surface area contributed by atoms with Crippen LogP contribution in [-0.2, 0) is 0 Å². The normalized spacial score (nSPS) is 12.1. The molecule has 32 heavy (non-hydrogen) atoms. The first kappa shape index (κ1) is 21.9. The number of rotatable bonds is 5. The minimum absolute atomic E-state index is 0.0122. The van der Waals surface area contributed by atoms with Crippen LogP contribution >= 0.6 is 11.6 Å². The number of anilines is 2. The summed E-state index contributed by atoms with van der Waals surface area (Å²) in [7, 11) is 3.98. The molecule has 1 N–H and O–H groups in total. The number of halogens is 1. The molecule has 2 heterocycles. The second-order valence-corrected chi connectivity index (χ2v) is 8.68. The second kappa shape index (κ2) is 8.67. The number of aryl methyl sites for hydroxylation is 1. The van der Waals surface area contributed by atoms with Crippen LogP contribution in [0.5, 0.6) is 0 Å². The van der Waals surface area contributed by atoms with Crippen molar-refractivity contribution in [3.63, 3.8) is 0 Å². The highest BCUT2D eigenvalue weighted by Gasteiger charge is 2.19. The van der Waals surface area contributed by atoms with Gasteiger partial charge in [0.25, 0.3) is 0 Å². The lowest BCUT2D eigenvalue weighted by atomic mass is 9.98. The Morgan fingerprint density at radius 3 is 2.56 bits per heavy atom. The average Bonchev–Trinajstić information content (AvgIpc) is 2.77. The lowest BCUT2D eigenvalue weighted by Crippen LogP contribution is -2.13. The van der Waals surface area contributed by atoms with E-state index in [1.165, 1.54) is 0 Å². The largest absolute Gasteiger partial charge is 0.455 e. The van der Waals surface area contributed by atoms with E-state index in [0.29, 0.717) is 27.4 Å². The van der Waals surface area contributed by atoms with Gasteiger partial charge in [-0.2, -0.15) is 0 Å². The van der Waals surface area contributed by atoms with Crippen molar-refractivity contribution in [2.75, 3.05) is 24.3 Å². The standard InChI is InChI=1S/C26H26ClN3O2/c1-15-11-21(17(3)29-19-9-10-23(27)28-14-19)26-22(12-15)24(31)16(2)25(32-26)18-7-6-8-20(13-18)30(4)5/h6-14,17,29H,1-5H3/t17-/m1/s1. The van der Waals surface area contributed by atoms with Crippen LogP contribution in [0.15, 0.2) is 63.9 Å². The number of hydrogen-bond acceptors (Lipinski definition) is 5. The van der Waals surface area contributed by atoms with Crippen molar-refractivity contribution < 1.29 is 4.42 Å². The van der Waals surface area contributed by atoms with E-state index < -0.39 is 0 Å². The minimum Gasteiger partial charge on any atom is -0.455 e. The van der Waals surface area contributed by atoms with Gasteiger partial charge in [0, 0.05) is 36.5 Å². The Morgan fingerprint density at radius 1 is 1.09 bits per heavy atom. The molecule has 0 aliphatic carbocycles. The van der Waals surface area contributed by atoms with Gasteiger partial charge in [-0.1, -0.05) is 29.8 Å². The van der Waals surface area contributed by atoms with Gasteiger partial charge in [0.1, 0.15) is 16.5 Å². The molecule has 0 amide bonds. The lowest BCUT2D eigenvalue weighted by molar-refractivity contribution is 0.605. The highest BCUT2D eigenvalue weighted by Crippen LogP contribution is 2.33. The van der Waals surface area contributed by atoms with Crippen molar-refractivity contribution in [1.82, 2.24) is 4.98 Å². The molecular formula is C26H26ClN3O2. The molecule has 0 saturated carbocycles. The van der Waals surface area contributed by atoms with Gasteiger partial charge in [-0.25, -0.2) is 4.98 Å². The molecule has 2 aromatic carbocycles. The fourth-order valence-electron chi connectivity index (χ4n) is 3.88. The summed E-state index contributed by atoms with van der Waals surface area (Å²) in [4.78, 5) is 19.5. The van der Waals surface area contributed by atoms with Crippen molar-refractivity contribution in [2.24, 2.45) is 0 Å². The summed E-state index contributed by atoms with van der Waals surface area (Å²) in [5.41, 5.74) is 5.86. The smallest absolute Gasteiger partial charge is 0.196 e. The summed E-state index contributed by atoms with van der Waals surface area (Å²) in [6.45, 7) is 5.85. The number of hydrogen-bond donors (Lipinski definition) is 1. The van der Waals surface area contributed by atoms with Crippen LogP contribution in [0.1, 0.15) is 29.7 Å². The fraction of sp³-hybridized carbons (Fsp3) is 0.231. The van der Waals surface area contributed by atoms with Crippen LogP contribution in [0.2, 0.25) is 5.15 Å². The molecule has 2 aromatic heterocycles. The van der Waals surface area contributed by atoms with E-state index in [9.17, 15) is 4.79 Å². The molecule has 0 fully saturated rings. The summed E-state index contributed by atoms with van der Waals surface area (Å²) in [6, 6.07) is 15.5. The molecule has 164 valence electrons. The van der Waals surface area contributed by atoms with E-state index in [4.69, 9.17) is 16.0 Å². The van der Waals surface area contributed by atoms with E-state index in [0.717, 1.165) is 28.1 Å². The predicted molar refractivity (Wildman–Crippen MR) is 133 cm³/mol. The van der Waals surface area contributed by atoms with Gasteiger partial charge in [-0.05, 0) is 56.7 Å². The number of aromatic nitrogens is 1. The van der Waals surface area contributed by atoms with Crippen LogP contribution in [-0.4, -0.2) is 19.1 Å². The van der Waals surface area contributed by atoms with Crippen molar-refractivity contribution >= 4 is 33.9 Å². The molecule has 4 aromatic rings. The number of fused-ring (bicyclic) bond motifs is 1. The molecule has 0 saturated heterocycles. The molecule has 0 spiro atoms. The summed E-state index contributed by atoms with van der Waals surface area (Å²) in [6.07, 6.45) is 1.69. The first-order valence-corrected chi connectivity index (χ1v) is 10.9. The van der Waals surface area contributed by atoms with Gasteiger partial charge in [0.15, 0.2) is 5.43 Å². The highest BCUT2D eigenvalue weighted by molar-refractivity contribution is 6.29. The Bertz CT molecular complexity index is 1340. The summed E-state index contributed by atoms with van der Waals surface area (Å²) < 4.78 is 6.46. The fourth-order valence-corrected chi connectivity index (χ4v) is 3.99. The van der Waals surface area contributed by atoms with Crippen molar-refractivity contribution in [2.45, 2.75) is 26.8 Å². The first-order valence-electron chi connectivity index (χ1n) is 10.5. The molecule has 4 rings (SSSR count). The van der Waals surface area contributed by atoms with Crippen LogP contribution in [0.4, 0.5) is 11.4 Å². The van der Waals surface area contributed by atoms with Crippen LogP contribution in [0.25, 0.3) is 22.3 Å². The molecule has 0 bridgehead atoms. The van der Waals surface area contributed by atoms with E-state index >= 15 is 0 Å². The maximum Gasteiger partial charge on any atom is 0.196 e. The molecule has 0 radical (unpaired) electrons. The van der Waals surface area contributed by atoms with E-state index in [1.54, 1.807) is 12.3 Å². The summed E-state index contributed by atoms with van der Waals surface area (Å²) >= 11 is 5.91. The molecule has 5 nitrogen and oxygen atoms in total. The van der Waals surface area contributed by atoms with Gasteiger partial charge in [0.2, 0.25) is 0 Å². The molecule has 0 aliphatic heterocycles. The third kappa shape index (κ3) is 4.21. The van der Waals surface area contributed by atoms with Crippen molar-refractivity contribution in [3.8, 4) is 11.3 Å². The van der Waals surface area contributed by atoms with E-state index in [1.807, 2.05) is 76.2 Å². The molecule has 6 heteroatoms. The Kier molecular flexibility index (Phi) is 5.94. The quantitative estimate of drug-likeness (QED) is 0.360. The van der Waals surface area contributed by atoms with Gasteiger partial charge in [-0.15, -0.1) is 0 Å². The third-order valence-corrected chi connectivity index (χ3v) is 5.82. The number of nitrogens with zero attached hydrogens (tertiary/aromatic N) is 2. The number of pyridine rings is 1. The molecule has 0 aliphatic rings. The number of benzene rings is 2. The van der Waals surface area contributed by atoms with Crippen molar-refractivity contribution in [1.29, 1.82) is 0 Å². The second-order valence-electron chi connectivity index (χ2n) is 8.30. The Morgan fingerprint density at radius 2 is 1.88 bits per heavy atom. The molecule has 1 atom stereocenters. The van der Waals surface area contributed by atoms with Crippen molar-refractivity contribution in [3.05, 3.63) is 86.8 Å². The topological polar surface area (TPSA) is 58.4 Å². The highest BCUT2D eigenvalue weighted by atomic mass is 35.5. The predicted octanol–water partition coefficient (Wildman–Crippen LogP) is 6.36. The maximum absolute atomic E-state index is 13.3. The Labute approximate surface area is 192 Å². The lowest BCUT2D eigenvalue weighted by Gasteiger charge is -2.19. The SMILES string of the molecule is Cc1cc([C@@H](C)Nc2ccc(Cl)nc2)c2oc(-c3cccc(N(C)C)c3)c(C)c(=O)c2c1. The zero-order chi connectivity index (χ0) is 23.0. The van der Waals surface area contributed by atoms with Crippen LogP contribution in [0.3, 0.4) is 0 Å². The van der Waals surface area contributed by atoms with Gasteiger partial charge in [0.05, 0.1) is 23.3 Å². The average molecular weight is 448 g/mol. The minimum atomic E-state index is -0.118. The summed E-state index contributed by atoms with van der Waals surface area (Å²) in [5, 5.41) is 4.46. The molecular weight excluding hydrogens is 422 g/mol. The zero-order valence-corrected chi connectivity index (χ0v) is 19.6. The zero-order valence-electron chi connectivity index (χ0n) is 18.9. The maximum atomic E-state index is 13.3. The third-order valence-electron chi connectivity index (χ3n) is 5.59. The number of nitrogens with one attached hydrogen (secondary N) is 1. The Balaban J connectivity index is 1.88. The Hall–Kier alpha value is -3.31. The van der Waals surface area contributed by atoms with E-state index in [2.05, 4.69) is 16.4 Å². The van der Waals surface area contributed by atoms with Crippen LogP contribution in [0, 0.1) is 13.8 Å². The monoisotopic (exact) mass is 447 g/mol. The van der Waals surface area contributed by atoms with Gasteiger partial charge < -0.3 is 14.6 Å². The van der Waals surface area contributed by atoms with E-state index in [-0.39, 0.29) is 11.5 Å². The summed E-state index contributed by atoms with van der Waals surface area (Å²) in [5.74, 6) is 0.594. The first-order chi connectivity index (χ1) is 15.2. The molecule has 0 unspecified atom stereocenters.